The lowest BCUT2D eigenvalue weighted by Crippen LogP contribution is -2.25. The van der Waals surface area contributed by atoms with E-state index in [0.717, 1.165) is 0 Å². The molecule has 66 valence electrons. The quantitative estimate of drug-likeness (QED) is 0.513. The maximum Gasteiger partial charge on any atom is 0.287 e. The third kappa shape index (κ3) is 2.04. The normalized spacial score (nSPS) is 12.5. The molecule has 0 aliphatic heterocycles. The largest absolute Gasteiger partial charge is 0.351 e. The molecular weight excluding hydrogens is 162 g/mol. The van der Waals surface area contributed by atoms with Crippen LogP contribution < -0.4 is 10.9 Å². The molecule has 0 spiro atoms. The maximum absolute atomic E-state index is 10.9. The van der Waals surface area contributed by atoms with Crippen LogP contribution in [0.2, 0.25) is 0 Å². The lowest BCUT2D eigenvalue weighted by molar-refractivity contribution is -0.0510. The van der Waals surface area contributed by atoms with Gasteiger partial charge < -0.3 is 15.2 Å². The Balaban J connectivity index is 2.76. The van der Waals surface area contributed by atoms with E-state index in [-0.39, 0.29) is 5.69 Å². The van der Waals surface area contributed by atoms with Crippen LogP contribution in [0.4, 0.5) is 5.69 Å². The van der Waals surface area contributed by atoms with Crippen LogP contribution in [0.15, 0.2) is 17.1 Å². The molecule has 0 saturated carbocycles. The van der Waals surface area contributed by atoms with Crippen molar-refractivity contribution in [3.05, 3.63) is 22.6 Å². The van der Waals surface area contributed by atoms with Crippen molar-refractivity contribution < 1.29 is 9.84 Å². The van der Waals surface area contributed by atoms with E-state index in [2.05, 4.69) is 20.3 Å². The number of rotatable bonds is 3. The van der Waals surface area contributed by atoms with Gasteiger partial charge in [-0.2, -0.15) is 5.10 Å². The molecule has 0 aromatic carbocycles. The fourth-order valence-electron chi connectivity index (χ4n) is 0.649. The molecule has 0 amide bonds. The zero-order chi connectivity index (χ0) is 8.97. The summed E-state index contributed by atoms with van der Waals surface area (Å²) in [5, 5.41) is 17.0. The first-order valence-corrected chi connectivity index (χ1v) is 3.25. The first kappa shape index (κ1) is 8.69. The average Bonchev–Trinajstić information content (AvgIpc) is 2.09. The second-order valence-corrected chi connectivity index (χ2v) is 2.03. The summed E-state index contributed by atoms with van der Waals surface area (Å²) >= 11 is 0. The van der Waals surface area contributed by atoms with Gasteiger partial charge in [0.15, 0.2) is 0 Å². The number of methoxy groups -OCH3 is 1. The first-order valence-electron chi connectivity index (χ1n) is 3.25. The molecule has 0 saturated heterocycles. The monoisotopic (exact) mass is 171 g/mol. The van der Waals surface area contributed by atoms with Crippen molar-refractivity contribution >= 4 is 5.69 Å². The molecular formula is C6H9N3O3. The smallest absolute Gasteiger partial charge is 0.287 e. The number of aromatic amines is 1. The number of nitrogens with one attached hydrogen (secondary N) is 2. The van der Waals surface area contributed by atoms with Crippen LogP contribution in [0.25, 0.3) is 0 Å². The number of aromatic nitrogens is 2. The summed E-state index contributed by atoms with van der Waals surface area (Å²) in [6.45, 7) is 0. The standard InChI is InChI=1S/C6H9N3O3/c1-12-6(11)8-4-2-3-7-9-5(4)10/h2-3,6,11H,1H3,(H,7,8)(H,9,10). The average molecular weight is 171 g/mol. The molecule has 12 heavy (non-hydrogen) atoms. The lowest BCUT2D eigenvalue weighted by atomic mass is 10.5. The molecule has 6 heteroatoms. The number of ether oxygens (including phenoxy) is 1. The lowest BCUT2D eigenvalue weighted by Gasteiger charge is -2.09. The van der Waals surface area contributed by atoms with E-state index in [1.807, 2.05) is 0 Å². The predicted octanol–water partition coefficient (Wildman–Crippen LogP) is -0.896. The highest BCUT2D eigenvalue weighted by Gasteiger charge is 2.03. The van der Waals surface area contributed by atoms with Crippen molar-refractivity contribution in [3.8, 4) is 0 Å². The van der Waals surface area contributed by atoms with Gasteiger partial charge in [-0.1, -0.05) is 0 Å². The van der Waals surface area contributed by atoms with Gasteiger partial charge in [0.2, 0.25) is 6.41 Å². The third-order valence-electron chi connectivity index (χ3n) is 1.23. The zero-order valence-corrected chi connectivity index (χ0v) is 6.44. The number of aliphatic hydroxyl groups is 1. The highest BCUT2D eigenvalue weighted by Crippen LogP contribution is 1.96. The van der Waals surface area contributed by atoms with Gasteiger partial charge in [0.1, 0.15) is 5.69 Å². The Morgan fingerprint density at radius 1 is 1.83 bits per heavy atom. The van der Waals surface area contributed by atoms with Crippen LogP contribution >= 0.6 is 0 Å². The van der Waals surface area contributed by atoms with Crippen LogP contribution in [0.3, 0.4) is 0 Å². The fourth-order valence-corrected chi connectivity index (χ4v) is 0.649. The van der Waals surface area contributed by atoms with Gasteiger partial charge in [-0.15, -0.1) is 0 Å². The number of anilines is 1. The Labute approximate surface area is 68.2 Å². The molecule has 0 radical (unpaired) electrons. The van der Waals surface area contributed by atoms with Crippen molar-refractivity contribution in [1.82, 2.24) is 10.2 Å². The second kappa shape index (κ2) is 3.84. The van der Waals surface area contributed by atoms with E-state index in [1.54, 1.807) is 0 Å². The summed E-state index contributed by atoms with van der Waals surface area (Å²) in [5.74, 6) is 0. The molecule has 1 heterocycles. The van der Waals surface area contributed by atoms with Crippen molar-refractivity contribution in [1.29, 1.82) is 0 Å². The number of hydrogen-bond donors (Lipinski definition) is 3. The molecule has 0 fully saturated rings. The van der Waals surface area contributed by atoms with E-state index in [1.165, 1.54) is 19.4 Å². The minimum absolute atomic E-state index is 0.208. The predicted molar refractivity (Wildman–Crippen MR) is 41.5 cm³/mol. The Morgan fingerprint density at radius 3 is 3.17 bits per heavy atom. The molecule has 0 aliphatic carbocycles. The molecule has 0 aliphatic rings. The van der Waals surface area contributed by atoms with E-state index in [4.69, 9.17) is 5.11 Å². The molecule has 0 bridgehead atoms. The molecule has 1 atom stereocenters. The Kier molecular flexibility index (Phi) is 2.78. The van der Waals surface area contributed by atoms with Crippen LogP contribution in [0.1, 0.15) is 0 Å². The van der Waals surface area contributed by atoms with Crippen molar-refractivity contribution in [2.45, 2.75) is 6.41 Å². The molecule has 1 unspecified atom stereocenters. The van der Waals surface area contributed by atoms with Gasteiger partial charge in [-0.3, -0.25) is 4.79 Å². The van der Waals surface area contributed by atoms with Gasteiger partial charge in [-0.25, -0.2) is 5.10 Å². The van der Waals surface area contributed by atoms with Gasteiger partial charge in [0.05, 0.1) is 0 Å². The summed E-state index contributed by atoms with van der Waals surface area (Å²) < 4.78 is 4.48. The van der Waals surface area contributed by atoms with E-state index in [0.29, 0.717) is 0 Å². The summed E-state index contributed by atoms with van der Waals surface area (Å²) in [4.78, 5) is 10.9. The minimum Gasteiger partial charge on any atom is -0.351 e. The van der Waals surface area contributed by atoms with E-state index >= 15 is 0 Å². The van der Waals surface area contributed by atoms with Gasteiger partial charge >= 0.3 is 0 Å². The van der Waals surface area contributed by atoms with Crippen molar-refractivity contribution in [3.63, 3.8) is 0 Å². The van der Waals surface area contributed by atoms with E-state index in [9.17, 15) is 4.79 Å². The van der Waals surface area contributed by atoms with Gasteiger partial charge in [0.25, 0.3) is 5.56 Å². The summed E-state index contributed by atoms with van der Waals surface area (Å²) in [7, 11) is 1.31. The summed E-state index contributed by atoms with van der Waals surface area (Å²) in [6.07, 6.45) is 0.208. The highest BCUT2D eigenvalue weighted by molar-refractivity contribution is 5.38. The Hall–Kier alpha value is -1.40. The molecule has 3 N–H and O–H groups in total. The summed E-state index contributed by atoms with van der Waals surface area (Å²) in [6, 6.07) is 1.43. The summed E-state index contributed by atoms with van der Waals surface area (Å²) in [5.41, 5.74) is -0.201. The number of hydrogen-bond acceptors (Lipinski definition) is 5. The number of aliphatic hydroxyl groups excluding tert-OH is 1. The van der Waals surface area contributed by atoms with Gasteiger partial charge in [0, 0.05) is 13.3 Å². The fraction of sp³-hybridized carbons (Fsp3) is 0.333. The number of H-pyrrole nitrogens is 1. The van der Waals surface area contributed by atoms with E-state index < -0.39 is 12.0 Å². The van der Waals surface area contributed by atoms with Gasteiger partial charge in [-0.05, 0) is 6.07 Å². The Bertz CT molecular complexity index is 298. The zero-order valence-electron chi connectivity index (χ0n) is 6.44. The molecule has 1 aromatic heterocycles. The van der Waals surface area contributed by atoms with Crippen molar-refractivity contribution in [2.75, 3.05) is 12.4 Å². The SMILES string of the molecule is COC(O)Nc1ccn[nH]c1=O. The van der Waals surface area contributed by atoms with Crippen molar-refractivity contribution in [2.24, 2.45) is 0 Å². The molecule has 6 nitrogen and oxygen atoms in total. The minimum atomic E-state index is -1.19. The molecule has 1 rings (SSSR count). The van der Waals surface area contributed by atoms with Crippen LogP contribution in [0.5, 0.6) is 0 Å². The topological polar surface area (TPSA) is 87.2 Å². The highest BCUT2D eigenvalue weighted by atomic mass is 16.6. The van der Waals surface area contributed by atoms with Crippen LogP contribution in [-0.4, -0.2) is 28.8 Å². The third-order valence-corrected chi connectivity index (χ3v) is 1.23. The Morgan fingerprint density at radius 2 is 2.58 bits per heavy atom. The van der Waals surface area contributed by atoms with Crippen LogP contribution in [0, 0.1) is 0 Å². The maximum atomic E-state index is 10.9. The number of nitrogens with zero attached hydrogens (tertiary/aromatic N) is 1. The first-order chi connectivity index (χ1) is 5.74. The second-order valence-electron chi connectivity index (χ2n) is 2.03. The molecule has 1 aromatic rings. The van der Waals surface area contributed by atoms with Crippen LogP contribution in [-0.2, 0) is 4.74 Å².